The Bertz CT molecular complexity index is 606. The van der Waals surface area contributed by atoms with Gasteiger partial charge in [0, 0.05) is 5.56 Å². The standard InChI is InChI=1S/C13H11Cl2N3O/c1-3-7(2)18-11(12(16)17-13(18)19)8-5-4-6-9(14)10(8)15/h1,4-7,11H,2H3,(H2,16,17,19). The molecule has 0 radical (unpaired) electrons. The van der Waals surface area contributed by atoms with Gasteiger partial charge in [-0.2, -0.15) is 4.99 Å². The largest absolute Gasteiger partial charge is 0.385 e. The summed E-state index contributed by atoms with van der Waals surface area (Å²) in [5.41, 5.74) is 6.43. The van der Waals surface area contributed by atoms with Gasteiger partial charge in [-0.3, -0.25) is 4.90 Å². The maximum absolute atomic E-state index is 11.9. The first kappa shape index (κ1) is 13.7. The average Bonchev–Trinajstić information content (AvgIpc) is 2.67. The van der Waals surface area contributed by atoms with Gasteiger partial charge >= 0.3 is 6.03 Å². The summed E-state index contributed by atoms with van der Waals surface area (Å²) in [6.45, 7) is 1.72. The fraction of sp³-hybridized carbons (Fsp3) is 0.231. The Morgan fingerprint density at radius 1 is 1.53 bits per heavy atom. The zero-order valence-corrected chi connectivity index (χ0v) is 11.6. The second kappa shape index (κ2) is 5.12. The van der Waals surface area contributed by atoms with Gasteiger partial charge in [0.15, 0.2) is 0 Å². The molecule has 0 aliphatic carbocycles. The van der Waals surface area contributed by atoms with Gasteiger partial charge in [0.2, 0.25) is 0 Å². The van der Waals surface area contributed by atoms with Crippen molar-refractivity contribution in [3.05, 3.63) is 33.8 Å². The Labute approximate surface area is 121 Å². The van der Waals surface area contributed by atoms with Crippen molar-refractivity contribution in [1.82, 2.24) is 4.90 Å². The molecule has 0 fully saturated rings. The molecule has 4 nitrogen and oxygen atoms in total. The summed E-state index contributed by atoms with van der Waals surface area (Å²) in [5, 5.41) is 0.732. The van der Waals surface area contributed by atoms with Crippen LogP contribution in [0.1, 0.15) is 18.5 Å². The normalized spacial score (nSPS) is 20.1. The molecule has 1 aliphatic rings. The van der Waals surface area contributed by atoms with Crippen molar-refractivity contribution < 1.29 is 4.79 Å². The van der Waals surface area contributed by atoms with E-state index in [9.17, 15) is 4.79 Å². The summed E-state index contributed by atoms with van der Waals surface area (Å²) in [5.74, 6) is 2.65. The van der Waals surface area contributed by atoms with E-state index in [4.69, 9.17) is 35.4 Å². The van der Waals surface area contributed by atoms with Crippen molar-refractivity contribution >= 4 is 35.1 Å². The zero-order chi connectivity index (χ0) is 14.2. The van der Waals surface area contributed by atoms with Gasteiger partial charge in [0.05, 0.1) is 16.1 Å². The van der Waals surface area contributed by atoms with Gasteiger partial charge in [0.1, 0.15) is 11.9 Å². The van der Waals surface area contributed by atoms with E-state index in [1.165, 1.54) is 4.90 Å². The molecule has 19 heavy (non-hydrogen) atoms. The molecular weight excluding hydrogens is 285 g/mol. The molecule has 2 amide bonds. The summed E-state index contributed by atoms with van der Waals surface area (Å²) >= 11 is 12.1. The lowest BCUT2D eigenvalue weighted by atomic mass is 10.0. The maximum Gasteiger partial charge on any atom is 0.347 e. The number of terminal acetylenes is 1. The molecule has 6 heteroatoms. The van der Waals surface area contributed by atoms with E-state index in [0.717, 1.165) is 0 Å². The van der Waals surface area contributed by atoms with Crippen LogP contribution in [0, 0.1) is 12.3 Å². The molecule has 1 aromatic carbocycles. The summed E-state index contributed by atoms with van der Waals surface area (Å²) < 4.78 is 0. The third-order valence-electron chi connectivity index (χ3n) is 2.94. The minimum absolute atomic E-state index is 0.163. The number of halogens is 2. The first-order valence-electron chi connectivity index (χ1n) is 5.53. The van der Waals surface area contributed by atoms with Crippen LogP contribution in [0.15, 0.2) is 23.2 Å². The van der Waals surface area contributed by atoms with Crippen LogP contribution >= 0.6 is 23.2 Å². The van der Waals surface area contributed by atoms with Crippen LogP contribution in [0.3, 0.4) is 0 Å². The van der Waals surface area contributed by atoms with Crippen LogP contribution in [0.2, 0.25) is 10.0 Å². The van der Waals surface area contributed by atoms with Gasteiger partial charge in [-0.1, -0.05) is 41.3 Å². The molecule has 2 unspecified atom stereocenters. The summed E-state index contributed by atoms with van der Waals surface area (Å²) in [6.07, 6.45) is 5.37. The number of amidine groups is 1. The lowest BCUT2D eigenvalue weighted by Crippen LogP contribution is -2.39. The Morgan fingerprint density at radius 3 is 2.84 bits per heavy atom. The van der Waals surface area contributed by atoms with Gasteiger partial charge in [-0.25, -0.2) is 4.79 Å². The highest BCUT2D eigenvalue weighted by Crippen LogP contribution is 2.36. The van der Waals surface area contributed by atoms with E-state index in [0.29, 0.717) is 15.6 Å². The zero-order valence-electron chi connectivity index (χ0n) is 10.1. The molecule has 0 bridgehead atoms. The number of carbonyl (C=O) groups is 1. The number of amides is 2. The molecule has 0 aromatic heterocycles. The molecule has 2 N–H and O–H groups in total. The number of nitrogens with zero attached hydrogens (tertiary/aromatic N) is 2. The summed E-state index contributed by atoms with van der Waals surface area (Å²) in [7, 11) is 0. The number of hydrogen-bond donors (Lipinski definition) is 1. The lowest BCUT2D eigenvalue weighted by molar-refractivity contribution is 0.199. The average molecular weight is 296 g/mol. The number of benzene rings is 1. The third kappa shape index (κ3) is 2.27. The molecule has 98 valence electrons. The lowest BCUT2D eigenvalue weighted by Gasteiger charge is -2.28. The van der Waals surface area contributed by atoms with Crippen LogP contribution in [0.4, 0.5) is 4.79 Å². The number of nitrogens with two attached hydrogens (primary N) is 1. The fourth-order valence-corrected chi connectivity index (χ4v) is 2.40. The van der Waals surface area contributed by atoms with E-state index in [1.807, 2.05) is 0 Å². The minimum atomic E-state index is -0.579. The summed E-state index contributed by atoms with van der Waals surface area (Å²) in [4.78, 5) is 17.0. The van der Waals surface area contributed by atoms with E-state index in [1.54, 1.807) is 25.1 Å². The molecule has 0 spiro atoms. The number of hydrogen-bond acceptors (Lipinski definition) is 2. The van der Waals surface area contributed by atoms with Gasteiger partial charge in [-0.05, 0) is 13.0 Å². The Hall–Kier alpha value is -1.70. The quantitative estimate of drug-likeness (QED) is 0.853. The molecule has 1 heterocycles. The second-order valence-electron chi connectivity index (χ2n) is 4.11. The van der Waals surface area contributed by atoms with E-state index in [2.05, 4.69) is 10.9 Å². The van der Waals surface area contributed by atoms with Crippen LogP contribution < -0.4 is 5.73 Å². The van der Waals surface area contributed by atoms with E-state index < -0.39 is 18.1 Å². The number of urea groups is 1. The monoisotopic (exact) mass is 295 g/mol. The van der Waals surface area contributed by atoms with Crippen molar-refractivity contribution in [3.63, 3.8) is 0 Å². The predicted molar refractivity (Wildman–Crippen MR) is 76.4 cm³/mol. The molecule has 1 aromatic rings. The van der Waals surface area contributed by atoms with E-state index >= 15 is 0 Å². The van der Waals surface area contributed by atoms with Gasteiger partial charge in [0.25, 0.3) is 0 Å². The van der Waals surface area contributed by atoms with Crippen molar-refractivity contribution in [2.24, 2.45) is 10.7 Å². The minimum Gasteiger partial charge on any atom is -0.385 e. The van der Waals surface area contributed by atoms with Crippen molar-refractivity contribution in [3.8, 4) is 12.3 Å². The highest BCUT2D eigenvalue weighted by atomic mass is 35.5. The summed E-state index contributed by atoms with van der Waals surface area (Å²) in [6, 6.07) is 3.65. The smallest absolute Gasteiger partial charge is 0.347 e. The van der Waals surface area contributed by atoms with Crippen molar-refractivity contribution in [2.75, 3.05) is 0 Å². The van der Waals surface area contributed by atoms with Crippen LogP contribution in [-0.2, 0) is 0 Å². The molecule has 0 saturated carbocycles. The predicted octanol–water partition coefficient (Wildman–Crippen LogP) is 2.85. The Kier molecular flexibility index (Phi) is 3.70. The molecule has 2 atom stereocenters. The van der Waals surface area contributed by atoms with Crippen molar-refractivity contribution in [2.45, 2.75) is 19.0 Å². The van der Waals surface area contributed by atoms with E-state index in [-0.39, 0.29) is 5.84 Å². The molecule has 2 rings (SSSR count). The number of carbonyl (C=O) groups excluding carboxylic acids is 1. The maximum atomic E-state index is 11.9. The second-order valence-corrected chi connectivity index (χ2v) is 4.90. The van der Waals surface area contributed by atoms with Crippen molar-refractivity contribution in [1.29, 1.82) is 0 Å². The molecule has 1 aliphatic heterocycles. The van der Waals surface area contributed by atoms with Crippen LogP contribution in [-0.4, -0.2) is 22.8 Å². The number of rotatable bonds is 2. The Balaban J connectivity index is 2.53. The number of aliphatic imine (C=N–C) groups is 1. The first-order valence-corrected chi connectivity index (χ1v) is 6.29. The first-order chi connectivity index (χ1) is 8.97. The highest BCUT2D eigenvalue weighted by molar-refractivity contribution is 6.42. The van der Waals surface area contributed by atoms with Crippen LogP contribution in [0.25, 0.3) is 0 Å². The molecule has 0 saturated heterocycles. The SMILES string of the molecule is C#CC(C)N1C(=O)N=C(N)C1c1cccc(Cl)c1Cl. The Morgan fingerprint density at radius 2 is 2.21 bits per heavy atom. The third-order valence-corrected chi connectivity index (χ3v) is 3.77. The topological polar surface area (TPSA) is 58.7 Å². The van der Waals surface area contributed by atoms with Gasteiger partial charge < -0.3 is 5.73 Å². The van der Waals surface area contributed by atoms with Gasteiger partial charge in [-0.15, -0.1) is 6.42 Å². The molecular formula is C13H11Cl2N3O. The fourth-order valence-electron chi connectivity index (χ4n) is 1.99. The van der Waals surface area contributed by atoms with Crippen LogP contribution in [0.5, 0.6) is 0 Å². The highest BCUT2D eigenvalue weighted by Gasteiger charge is 2.38.